The highest BCUT2D eigenvalue weighted by Crippen LogP contribution is 2.29. The van der Waals surface area contributed by atoms with Gasteiger partial charge in [-0.25, -0.2) is 13.8 Å². The summed E-state index contributed by atoms with van der Waals surface area (Å²) in [7, 11) is 0. The highest BCUT2D eigenvalue weighted by atomic mass is 19.3. The number of aromatic nitrogens is 1. The van der Waals surface area contributed by atoms with Crippen molar-refractivity contribution in [2.75, 3.05) is 39.3 Å². The number of nitrogens with zero attached hydrogens (tertiary/aromatic N) is 3. The lowest BCUT2D eigenvalue weighted by molar-refractivity contribution is -0.0495. The highest BCUT2D eigenvalue weighted by molar-refractivity contribution is 5.96. The molecule has 5 nitrogen and oxygen atoms in total. The van der Waals surface area contributed by atoms with Crippen LogP contribution in [0.5, 0.6) is 5.75 Å². The van der Waals surface area contributed by atoms with E-state index < -0.39 is 5.92 Å². The molecular formula is C23H29F2N3O2. The smallest absolute Gasteiger partial charge is 0.272 e. The average Bonchev–Trinajstić information content (AvgIpc) is 2.77. The van der Waals surface area contributed by atoms with Crippen LogP contribution in [0.25, 0.3) is 10.9 Å². The molecule has 4 rings (SSSR count). The van der Waals surface area contributed by atoms with E-state index in [9.17, 15) is 13.6 Å². The lowest BCUT2D eigenvalue weighted by atomic mass is 10.1. The van der Waals surface area contributed by atoms with Crippen LogP contribution in [-0.4, -0.2) is 65.9 Å². The number of fused-ring (bicyclic) bond motifs is 1. The third-order valence-corrected chi connectivity index (χ3v) is 6.01. The number of benzene rings is 1. The number of piperidine rings is 2. The minimum atomic E-state index is -2.68. The van der Waals surface area contributed by atoms with E-state index in [0.29, 0.717) is 17.9 Å². The zero-order valence-electron chi connectivity index (χ0n) is 17.3. The standard InChI is InChI=1S/C23H29F2N3O2/c24-23(25)10-15-28(16-11-23)22(29)19-9-8-18-6-4-7-20(21(18)26-19)30-17-5-14-27-12-2-1-3-13-27/h4,6-9H,1-3,5,10-17H2. The molecule has 3 heterocycles. The normalized spacial score (nSPS) is 19.7. The SMILES string of the molecule is O=C(c1ccc2cccc(OCCCN3CCCCC3)c2n1)N1CCC(F)(F)CC1. The molecule has 2 aliphatic heterocycles. The van der Waals surface area contributed by atoms with Gasteiger partial charge < -0.3 is 14.5 Å². The molecular weight excluding hydrogens is 388 g/mol. The number of hydrogen-bond acceptors (Lipinski definition) is 4. The quantitative estimate of drug-likeness (QED) is 0.655. The maximum Gasteiger partial charge on any atom is 0.272 e. The minimum Gasteiger partial charge on any atom is -0.491 e. The first-order valence-corrected chi connectivity index (χ1v) is 10.9. The molecule has 7 heteroatoms. The number of pyridine rings is 1. The second-order valence-electron chi connectivity index (χ2n) is 8.28. The fourth-order valence-corrected chi connectivity index (χ4v) is 4.21. The Morgan fingerprint density at radius 3 is 2.57 bits per heavy atom. The maximum atomic E-state index is 13.4. The largest absolute Gasteiger partial charge is 0.491 e. The zero-order chi connectivity index (χ0) is 21.0. The molecule has 0 aliphatic carbocycles. The van der Waals surface area contributed by atoms with Gasteiger partial charge in [0.25, 0.3) is 11.8 Å². The Bertz CT molecular complexity index is 874. The first-order valence-electron chi connectivity index (χ1n) is 10.9. The van der Waals surface area contributed by atoms with E-state index in [1.807, 2.05) is 24.3 Å². The van der Waals surface area contributed by atoms with Gasteiger partial charge in [-0.2, -0.15) is 0 Å². The average molecular weight is 418 g/mol. The maximum absolute atomic E-state index is 13.4. The van der Waals surface area contributed by atoms with E-state index in [0.717, 1.165) is 18.4 Å². The van der Waals surface area contributed by atoms with Crippen LogP contribution in [0.4, 0.5) is 8.78 Å². The van der Waals surface area contributed by atoms with Crippen molar-refractivity contribution in [1.82, 2.24) is 14.8 Å². The number of hydrogen-bond donors (Lipinski definition) is 0. The molecule has 162 valence electrons. The van der Waals surface area contributed by atoms with Gasteiger partial charge in [-0.15, -0.1) is 0 Å². The lowest BCUT2D eigenvalue weighted by Crippen LogP contribution is -2.43. The molecule has 0 spiro atoms. The summed E-state index contributed by atoms with van der Waals surface area (Å²) >= 11 is 0. The number of halogens is 2. The van der Waals surface area contributed by atoms with Crippen LogP contribution in [0.3, 0.4) is 0 Å². The van der Waals surface area contributed by atoms with Crippen LogP contribution in [0.2, 0.25) is 0 Å². The second-order valence-corrected chi connectivity index (χ2v) is 8.28. The molecule has 2 aromatic rings. The van der Waals surface area contributed by atoms with E-state index in [1.54, 1.807) is 6.07 Å². The van der Waals surface area contributed by atoms with Crippen molar-refractivity contribution in [3.8, 4) is 5.75 Å². The Kier molecular flexibility index (Phi) is 6.46. The Labute approximate surface area is 176 Å². The van der Waals surface area contributed by atoms with Gasteiger partial charge in [-0.3, -0.25) is 4.79 Å². The molecule has 0 unspecified atom stereocenters. The monoisotopic (exact) mass is 417 g/mol. The minimum absolute atomic E-state index is 0.0558. The summed E-state index contributed by atoms with van der Waals surface area (Å²) in [6.45, 7) is 4.08. The zero-order valence-corrected chi connectivity index (χ0v) is 17.3. The predicted molar refractivity (Wildman–Crippen MR) is 112 cm³/mol. The van der Waals surface area contributed by atoms with E-state index in [2.05, 4.69) is 9.88 Å². The molecule has 0 bridgehead atoms. The summed E-state index contributed by atoms with van der Waals surface area (Å²) in [5, 5.41) is 0.894. The summed E-state index contributed by atoms with van der Waals surface area (Å²) < 4.78 is 32.8. The van der Waals surface area contributed by atoms with Gasteiger partial charge in [0.15, 0.2) is 0 Å². The third kappa shape index (κ3) is 5.06. The van der Waals surface area contributed by atoms with E-state index >= 15 is 0 Å². The van der Waals surface area contributed by atoms with Gasteiger partial charge in [0.1, 0.15) is 17.0 Å². The molecule has 1 aromatic heterocycles. The number of rotatable bonds is 6. The van der Waals surface area contributed by atoms with Crippen molar-refractivity contribution in [2.24, 2.45) is 0 Å². The van der Waals surface area contributed by atoms with Gasteiger partial charge in [0.2, 0.25) is 0 Å². The summed E-state index contributed by atoms with van der Waals surface area (Å²) in [6.07, 6.45) is 4.24. The van der Waals surface area contributed by atoms with E-state index in [4.69, 9.17) is 4.74 Å². The predicted octanol–water partition coefficient (Wildman–Crippen LogP) is 4.36. The Morgan fingerprint density at radius 1 is 1.03 bits per heavy atom. The van der Waals surface area contributed by atoms with Crippen molar-refractivity contribution in [3.63, 3.8) is 0 Å². The van der Waals surface area contributed by atoms with E-state index in [-0.39, 0.29) is 37.5 Å². The van der Waals surface area contributed by atoms with Crippen LogP contribution in [0, 0.1) is 0 Å². The number of carbonyl (C=O) groups excluding carboxylic acids is 1. The highest BCUT2D eigenvalue weighted by Gasteiger charge is 2.36. The van der Waals surface area contributed by atoms with Crippen LogP contribution < -0.4 is 4.74 Å². The fraction of sp³-hybridized carbons (Fsp3) is 0.565. The van der Waals surface area contributed by atoms with Crippen molar-refractivity contribution in [2.45, 2.75) is 44.4 Å². The molecule has 30 heavy (non-hydrogen) atoms. The van der Waals surface area contributed by atoms with Crippen molar-refractivity contribution < 1.29 is 18.3 Å². The first kappa shape index (κ1) is 21.0. The molecule has 0 N–H and O–H groups in total. The lowest BCUT2D eigenvalue weighted by Gasteiger charge is -2.31. The van der Waals surface area contributed by atoms with Crippen LogP contribution >= 0.6 is 0 Å². The molecule has 2 fully saturated rings. The number of alkyl halides is 2. The van der Waals surface area contributed by atoms with Crippen molar-refractivity contribution in [3.05, 3.63) is 36.0 Å². The number of likely N-dealkylation sites (tertiary alicyclic amines) is 2. The number of carbonyl (C=O) groups is 1. The Hall–Kier alpha value is -2.28. The molecule has 0 saturated carbocycles. The van der Waals surface area contributed by atoms with Gasteiger partial charge in [-0.05, 0) is 44.5 Å². The first-order chi connectivity index (χ1) is 14.5. The summed E-state index contributed by atoms with van der Waals surface area (Å²) in [6, 6.07) is 9.22. The topological polar surface area (TPSA) is 45.7 Å². The van der Waals surface area contributed by atoms with Gasteiger partial charge in [-0.1, -0.05) is 24.6 Å². The third-order valence-electron chi connectivity index (χ3n) is 6.01. The van der Waals surface area contributed by atoms with Crippen molar-refractivity contribution >= 4 is 16.8 Å². The van der Waals surface area contributed by atoms with Gasteiger partial charge in [0.05, 0.1) is 6.61 Å². The number of para-hydroxylation sites is 1. The fourth-order valence-electron chi connectivity index (χ4n) is 4.21. The summed E-state index contributed by atoms with van der Waals surface area (Å²) in [4.78, 5) is 21.3. The summed E-state index contributed by atoms with van der Waals surface area (Å²) in [5.41, 5.74) is 0.917. The van der Waals surface area contributed by atoms with Crippen LogP contribution in [-0.2, 0) is 0 Å². The number of amides is 1. The Morgan fingerprint density at radius 2 is 1.80 bits per heavy atom. The molecule has 2 aliphatic rings. The molecule has 1 amide bonds. The second kappa shape index (κ2) is 9.25. The van der Waals surface area contributed by atoms with Crippen molar-refractivity contribution in [1.29, 1.82) is 0 Å². The van der Waals surface area contributed by atoms with E-state index in [1.165, 1.54) is 37.3 Å². The van der Waals surface area contributed by atoms with Gasteiger partial charge in [0, 0.05) is 37.9 Å². The molecule has 1 aromatic carbocycles. The Balaban J connectivity index is 1.41. The molecule has 2 saturated heterocycles. The molecule has 0 radical (unpaired) electrons. The summed E-state index contributed by atoms with van der Waals surface area (Å²) in [5.74, 6) is -2.32. The van der Waals surface area contributed by atoms with Gasteiger partial charge >= 0.3 is 0 Å². The number of ether oxygens (including phenoxy) is 1. The molecule has 0 atom stereocenters. The van der Waals surface area contributed by atoms with Crippen LogP contribution in [0.15, 0.2) is 30.3 Å². The van der Waals surface area contributed by atoms with Crippen LogP contribution in [0.1, 0.15) is 49.0 Å².